The fraction of sp³-hybridized carbons (Fsp3) is 0.500. The Bertz CT molecular complexity index is 824. The van der Waals surface area contributed by atoms with Gasteiger partial charge in [0.2, 0.25) is 5.91 Å². The molecule has 0 spiro atoms. The van der Waals surface area contributed by atoms with Crippen LogP contribution in [0.1, 0.15) is 12.8 Å². The lowest BCUT2D eigenvalue weighted by molar-refractivity contribution is -0.159. The van der Waals surface area contributed by atoms with E-state index in [-0.39, 0.29) is 24.5 Å². The van der Waals surface area contributed by atoms with E-state index in [1.165, 1.54) is 0 Å². The number of aliphatic carboxylic acids is 2. The van der Waals surface area contributed by atoms with Gasteiger partial charge in [-0.15, -0.1) is 0 Å². The molecule has 32 heavy (non-hydrogen) atoms. The summed E-state index contributed by atoms with van der Waals surface area (Å²) in [6.07, 6.45) is 1.49. The van der Waals surface area contributed by atoms with E-state index in [1.54, 1.807) is 25.3 Å². The van der Waals surface area contributed by atoms with Crippen LogP contribution in [0.4, 0.5) is 5.69 Å². The first kappa shape index (κ1) is 25.4. The molecule has 2 amide bonds. The van der Waals surface area contributed by atoms with Gasteiger partial charge in [0.15, 0.2) is 0 Å². The van der Waals surface area contributed by atoms with E-state index < -0.39 is 11.9 Å². The lowest BCUT2D eigenvalue weighted by atomic mass is 10.2. The molecule has 12 heteroatoms. The minimum Gasteiger partial charge on any atom is -0.495 e. The van der Waals surface area contributed by atoms with E-state index in [9.17, 15) is 9.59 Å². The number of benzene rings is 1. The van der Waals surface area contributed by atoms with E-state index in [0.29, 0.717) is 49.2 Å². The molecule has 0 bridgehead atoms. The number of piperazine rings is 1. The normalized spacial score (nSPS) is 18.3. The predicted octanol–water partition coefficient (Wildman–Crippen LogP) is 0.766. The Balaban J connectivity index is 0.000000534. The minimum absolute atomic E-state index is 0.0828. The molecule has 176 valence electrons. The standard InChI is InChI=1S/C18H24ClN3O4.C2H2O4/c1-25-15-5-4-13(11-14(15)19)20-17(23)12-21-6-8-22(9-7-21)18(24)16-3-2-10-26-16;3-1(4)2(5)6/h4-5,11,16H,2-3,6-10,12H2,1H3,(H,20,23);(H,3,4)(H,5,6). The first-order valence-corrected chi connectivity index (χ1v) is 10.3. The van der Waals surface area contributed by atoms with Crippen LogP contribution in [-0.2, 0) is 23.9 Å². The summed E-state index contributed by atoms with van der Waals surface area (Å²) in [5.74, 6) is -3.11. The number of carboxylic acids is 2. The Morgan fingerprint density at radius 1 is 1.16 bits per heavy atom. The number of carbonyl (C=O) groups excluding carboxylic acids is 2. The second-order valence-corrected chi connectivity index (χ2v) is 7.52. The average Bonchev–Trinajstić information content (AvgIpc) is 3.29. The molecule has 1 unspecified atom stereocenters. The molecule has 0 radical (unpaired) electrons. The second kappa shape index (κ2) is 12.2. The van der Waals surface area contributed by atoms with Crippen LogP contribution in [0.5, 0.6) is 5.75 Å². The number of methoxy groups -OCH3 is 1. The Hall–Kier alpha value is -2.89. The van der Waals surface area contributed by atoms with Crippen molar-refractivity contribution in [1.29, 1.82) is 0 Å². The Morgan fingerprint density at radius 2 is 1.81 bits per heavy atom. The van der Waals surface area contributed by atoms with Crippen LogP contribution >= 0.6 is 11.6 Å². The smallest absolute Gasteiger partial charge is 0.414 e. The fourth-order valence-corrected chi connectivity index (χ4v) is 3.51. The highest BCUT2D eigenvalue weighted by molar-refractivity contribution is 6.32. The summed E-state index contributed by atoms with van der Waals surface area (Å²) in [6, 6.07) is 5.13. The van der Waals surface area contributed by atoms with E-state index in [4.69, 9.17) is 40.9 Å². The summed E-state index contributed by atoms with van der Waals surface area (Å²) < 4.78 is 10.6. The number of rotatable bonds is 5. The zero-order chi connectivity index (χ0) is 23.7. The third kappa shape index (κ3) is 7.66. The number of ether oxygens (including phenoxy) is 2. The quantitative estimate of drug-likeness (QED) is 0.530. The van der Waals surface area contributed by atoms with Crippen LogP contribution in [0.15, 0.2) is 18.2 Å². The Kier molecular flexibility index (Phi) is 9.69. The van der Waals surface area contributed by atoms with Crippen molar-refractivity contribution < 1.29 is 38.9 Å². The maximum Gasteiger partial charge on any atom is 0.414 e. The average molecular weight is 472 g/mol. The van der Waals surface area contributed by atoms with Gasteiger partial charge < -0.3 is 29.9 Å². The van der Waals surface area contributed by atoms with Gasteiger partial charge in [0.05, 0.1) is 18.7 Å². The molecular formula is C20H26ClN3O8. The number of carboxylic acid groups (broad SMARTS) is 2. The van der Waals surface area contributed by atoms with Gasteiger partial charge in [-0.05, 0) is 31.0 Å². The van der Waals surface area contributed by atoms with E-state index >= 15 is 0 Å². The van der Waals surface area contributed by atoms with Gasteiger partial charge in [0.1, 0.15) is 11.9 Å². The van der Waals surface area contributed by atoms with Crippen molar-refractivity contribution in [3.05, 3.63) is 23.2 Å². The molecule has 2 saturated heterocycles. The summed E-state index contributed by atoms with van der Waals surface area (Å²) >= 11 is 6.07. The molecule has 0 aromatic heterocycles. The molecule has 1 atom stereocenters. The predicted molar refractivity (Wildman–Crippen MR) is 114 cm³/mol. The number of hydrogen-bond acceptors (Lipinski definition) is 7. The van der Waals surface area contributed by atoms with Crippen LogP contribution in [-0.4, -0.2) is 96.3 Å². The van der Waals surface area contributed by atoms with Gasteiger partial charge in [-0.3, -0.25) is 14.5 Å². The lowest BCUT2D eigenvalue weighted by Crippen LogP contribution is -2.52. The van der Waals surface area contributed by atoms with Crippen LogP contribution in [0.2, 0.25) is 5.02 Å². The Labute approximate surface area is 189 Å². The van der Waals surface area contributed by atoms with Crippen molar-refractivity contribution in [3.63, 3.8) is 0 Å². The maximum absolute atomic E-state index is 12.3. The summed E-state index contributed by atoms with van der Waals surface area (Å²) in [7, 11) is 1.54. The lowest BCUT2D eigenvalue weighted by Gasteiger charge is -2.35. The molecule has 3 rings (SSSR count). The summed E-state index contributed by atoms with van der Waals surface area (Å²) in [5, 5.41) is 18.1. The highest BCUT2D eigenvalue weighted by Gasteiger charge is 2.30. The summed E-state index contributed by atoms with van der Waals surface area (Å²) in [6.45, 7) is 3.56. The molecule has 2 fully saturated rings. The highest BCUT2D eigenvalue weighted by atomic mass is 35.5. The maximum atomic E-state index is 12.3. The van der Waals surface area contributed by atoms with Gasteiger partial charge in [-0.2, -0.15) is 0 Å². The molecule has 1 aromatic rings. The number of amides is 2. The Morgan fingerprint density at radius 3 is 2.31 bits per heavy atom. The van der Waals surface area contributed by atoms with Crippen LogP contribution < -0.4 is 10.1 Å². The van der Waals surface area contributed by atoms with Crippen LogP contribution in [0.3, 0.4) is 0 Å². The molecular weight excluding hydrogens is 446 g/mol. The van der Waals surface area contributed by atoms with E-state index in [2.05, 4.69) is 5.32 Å². The summed E-state index contributed by atoms with van der Waals surface area (Å²) in [4.78, 5) is 46.7. The van der Waals surface area contributed by atoms with Crippen molar-refractivity contribution in [2.45, 2.75) is 18.9 Å². The first-order chi connectivity index (χ1) is 15.2. The number of nitrogens with zero attached hydrogens (tertiary/aromatic N) is 2. The van der Waals surface area contributed by atoms with E-state index in [0.717, 1.165) is 12.8 Å². The first-order valence-electron chi connectivity index (χ1n) is 9.93. The van der Waals surface area contributed by atoms with Crippen LogP contribution in [0, 0.1) is 0 Å². The number of carbonyl (C=O) groups is 4. The number of anilines is 1. The monoisotopic (exact) mass is 471 g/mol. The van der Waals surface area contributed by atoms with Gasteiger partial charge >= 0.3 is 11.9 Å². The zero-order valence-corrected chi connectivity index (χ0v) is 18.3. The van der Waals surface area contributed by atoms with Crippen molar-refractivity contribution in [2.24, 2.45) is 0 Å². The van der Waals surface area contributed by atoms with Gasteiger partial charge in [0.25, 0.3) is 5.91 Å². The van der Waals surface area contributed by atoms with Crippen molar-refractivity contribution in [3.8, 4) is 5.75 Å². The van der Waals surface area contributed by atoms with Gasteiger partial charge in [-0.25, -0.2) is 9.59 Å². The van der Waals surface area contributed by atoms with Crippen molar-refractivity contribution >= 4 is 41.0 Å². The molecule has 0 saturated carbocycles. The molecule has 2 aliphatic rings. The third-order valence-corrected chi connectivity index (χ3v) is 5.17. The third-order valence-electron chi connectivity index (χ3n) is 4.87. The molecule has 3 N–H and O–H groups in total. The van der Waals surface area contributed by atoms with Gasteiger partial charge in [-0.1, -0.05) is 11.6 Å². The molecule has 0 aliphatic carbocycles. The number of nitrogens with one attached hydrogen (secondary N) is 1. The van der Waals surface area contributed by atoms with Crippen molar-refractivity contribution in [1.82, 2.24) is 9.80 Å². The molecule has 1 aromatic carbocycles. The highest BCUT2D eigenvalue weighted by Crippen LogP contribution is 2.27. The fourth-order valence-electron chi connectivity index (χ4n) is 3.25. The molecule has 11 nitrogen and oxygen atoms in total. The largest absolute Gasteiger partial charge is 0.495 e. The second-order valence-electron chi connectivity index (χ2n) is 7.11. The SMILES string of the molecule is COc1ccc(NC(=O)CN2CCN(C(=O)C3CCCO3)CC2)cc1Cl.O=C(O)C(=O)O. The van der Waals surface area contributed by atoms with Gasteiger partial charge in [0, 0.05) is 38.5 Å². The van der Waals surface area contributed by atoms with E-state index in [1.807, 2.05) is 9.80 Å². The number of hydrogen-bond donors (Lipinski definition) is 3. The van der Waals surface area contributed by atoms with Crippen LogP contribution in [0.25, 0.3) is 0 Å². The van der Waals surface area contributed by atoms with Crippen molar-refractivity contribution in [2.75, 3.05) is 51.8 Å². The molecule has 2 aliphatic heterocycles. The zero-order valence-electron chi connectivity index (χ0n) is 17.6. The molecule has 2 heterocycles. The number of halogens is 1. The minimum atomic E-state index is -1.82. The summed E-state index contributed by atoms with van der Waals surface area (Å²) in [5.41, 5.74) is 0.632. The topological polar surface area (TPSA) is 146 Å².